The lowest BCUT2D eigenvalue weighted by Crippen LogP contribution is -2.14. The summed E-state index contributed by atoms with van der Waals surface area (Å²) in [6.07, 6.45) is 1.54. The topological polar surface area (TPSA) is 65.8 Å². The highest BCUT2D eigenvalue weighted by Gasteiger charge is 2.13. The molecule has 0 aromatic carbocycles. The van der Waals surface area contributed by atoms with Crippen molar-refractivity contribution in [3.8, 4) is 6.07 Å². The maximum atomic E-state index is 11.9. The fourth-order valence-electron chi connectivity index (χ4n) is 1.21. The van der Waals surface area contributed by atoms with Crippen molar-refractivity contribution in [3.63, 3.8) is 0 Å². The highest BCUT2D eigenvalue weighted by Crippen LogP contribution is 2.23. The van der Waals surface area contributed by atoms with Crippen LogP contribution in [0.4, 0.5) is 5.00 Å². The molecule has 2 aromatic rings. The van der Waals surface area contributed by atoms with E-state index in [0.29, 0.717) is 20.7 Å². The third kappa shape index (κ3) is 2.52. The van der Waals surface area contributed by atoms with Gasteiger partial charge in [0.2, 0.25) is 0 Å². The second kappa shape index (κ2) is 5.08. The molecular formula is C11H6BrN3OS. The maximum absolute atomic E-state index is 11.9. The number of anilines is 1. The van der Waals surface area contributed by atoms with Crippen LogP contribution in [0.1, 0.15) is 16.1 Å². The summed E-state index contributed by atoms with van der Waals surface area (Å²) in [6, 6.07) is 7.14. The second-order valence-corrected chi connectivity index (χ2v) is 4.83. The van der Waals surface area contributed by atoms with E-state index in [1.54, 1.807) is 29.8 Å². The van der Waals surface area contributed by atoms with Gasteiger partial charge in [0.25, 0.3) is 5.91 Å². The molecule has 1 amide bonds. The third-order valence-electron chi connectivity index (χ3n) is 1.99. The fraction of sp³-hybridized carbons (Fsp3) is 0. The van der Waals surface area contributed by atoms with Crippen molar-refractivity contribution < 1.29 is 4.79 Å². The number of hydrogen-bond acceptors (Lipinski definition) is 4. The number of halogens is 1. The summed E-state index contributed by atoms with van der Waals surface area (Å²) in [5.74, 6) is -0.337. The molecule has 17 heavy (non-hydrogen) atoms. The zero-order valence-electron chi connectivity index (χ0n) is 8.48. The van der Waals surface area contributed by atoms with Crippen LogP contribution in [-0.4, -0.2) is 10.9 Å². The summed E-state index contributed by atoms with van der Waals surface area (Å²) in [5, 5.41) is 13.8. The van der Waals surface area contributed by atoms with Gasteiger partial charge in [-0.05, 0) is 39.5 Å². The number of nitriles is 1. The lowest BCUT2D eigenvalue weighted by Gasteiger charge is -2.03. The Bertz CT molecular complexity index is 603. The molecule has 0 spiro atoms. The number of aromatic nitrogens is 1. The molecule has 0 saturated heterocycles. The van der Waals surface area contributed by atoms with Crippen molar-refractivity contribution in [1.82, 2.24) is 4.98 Å². The molecule has 0 fully saturated rings. The molecule has 0 unspecified atom stereocenters. The van der Waals surface area contributed by atoms with E-state index < -0.39 is 0 Å². The van der Waals surface area contributed by atoms with E-state index in [4.69, 9.17) is 5.26 Å². The van der Waals surface area contributed by atoms with E-state index in [1.807, 2.05) is 6.07 Å². The molecule has 0 aliphatic rings. The lowest BCUT2D eigenvalue weighted by atomic mass is 10.3. The van der Waals surface area contributed by atoms with E-state index in [-0.39, 0.29) is 5.91 Å². The zero-order chi connectivity index (χ0) is 12.3. The van der Waals surface area contributed by atoms with Crippen molar-refractivity contribution >= 4 is 38.2 Å². The number of amides is 1. The first-order valence-electron chi connectivity index (χ1n) is 4.62. The Morgan fingerprint density at radius 3 is 3.06 bits per heavy atom. The normalized spacial score (nSPS) is 9.65. The van der Waals surface area contributed by atoms with Crippen LogP contribution < -0.4 is 5.32 Å². The Labute approximate surface area is 110 Å². The maximum Gasteiger partial charge on any atom is 0.276 e. The van der Waals surface area contributed by atoms with Crippen LogP contribution in [0.15, 0.2) is 34.2 Å². The van der Waals surface area contributed by atoms with Crippen molar-refractivity contribution in [1.29, 1.82) is 5.26 Å². The molecule has 0 bridgehead atoms. The largest absolute Gasteiger partial charge is 0.311 e. The summed E-state index contributed by atoms with van der Waals surface area (Å²) in [7, 11) is 0. The Kier molecular flexibility index (Phi) is 3.52. The molecule has 2 heterocycles. The summed E-state index contributed by atoms with van der Waals surface area (Å²) in [6.45, 7) is 0. The van der Waals surface area contributed by atoms with Gasteiger partial charge in [-0.2, -0.15) is 5.26 Å². The van der Waals surface area contributed by atoms with Crippen LogP contribution in [0.3, 0.4) is 0 Å². The minimum atomic E-state index is -0.337. The molecule has 0 radical (unpaired) electrons. The Morgan fingerprint density at radius 2 is 2.35 bits per heavy atom. The van der Waals surface area contributed by atoms with Crippen LogP contribution in [0.5, 0.6) is 0 Å². The first kappa shape index (κ1) is 11.8. The molecule has 0 aliphatic heterocycles. The zero-order valence-corrected chi connectivity index (χ0v) is 10.9. The fourth-order valence-corrected chi connectivity index (χ4v) is 2.38. The number of nitrogens with zero attached hydrogens (tertiary/aromatic N) is 2. The van der Waals surface area contributed by atoms with Crippen LogP contribution in [0.25, 0.3) is 0 Å². The smallest absolute Gasteiger partial charge is 0.276 e. The first-order valence-corrected chi connectivity index (χ1v) is 6.29. The van der Waals surface area contributed by atoms with Crippen molar-refractivity contribution in [2.24, 2.45) is 0 Å². The van der Waals surface area contributed by atoms with E-state index in [1.165, 1.54) is 11.3 Å². The van der Waals surface area contributed by atoms with Gasteiger partial charge in [0.1, 0.15) is 16.8 Å². The molecular weight excluding hydrogens is 302 g/mol. The first-order chi connectivity index (χ1) is 8.22. The van der Waals surface area contributed by atoms with Crippen molar-refractivity contribution in [3.05, 3.63) is 45.5 Å². The van der Waals surface area contributed by atoms with Gasteiger partial charge in [-0.25, -0.2) is 4.98 Å². The average Bonchev–Trinajstić information content (AvgIpc) is 2.76. The van der Waals surface area contributed by atoms with E-state index in [9.17, 15) is 4.79 Å². The number of carbonyl (C=O) groups is 1. The minimum Gasteiger partial charge on any atom is -0.311 e. The molecule has 0 atom stereocenters. The number of nitrogens with one attached hydrogen (secondary N) is 1. The van der Waals surface area contributed by atoms with Gasteiger partial charge in [0.05, 0.1) is 5.56 Å². The summed E-state index contributed by atoms with van der Waals surface area (Å²) >= 11 is 4.56. The van der Waals surface area contributed by atoms with Gasteiger partial charge >= 0.3 is 0 Å². The Balaban J connectivity index is 2.24. The highest BCUT2D eigenvalue weighted by molar-refractivity contribution is 9.10. The average molecular weight is 308 g/mol. The molecule has 1 N–H and O–H groups in total. The molecule has 84 valence electrons. The van der Waals surface area contributed by atoms with Crippen LogP contribution in [-0.2, 0) is 0 Å². The summed E-state index contributed by atoms with van der Waals surface area (Å²) in [4.78, 5) is 15.9. The molecule has 0 saturated carbocycles. The number of thiophene rings is 1. The number of pyridine rings is 1. The second-order valence-electron chi connectivity index (χ2n) is 3.06. The predicted molar refractivity (Wildman–Crippen MR) is 68.9 cm³/mol. The number of hydrogen-bond donors (Lipinski definition) is 1. The third-order valence-corrected chi connectivity index (χ3v) is 3.46. The monoisotopic (exact) mass is 307 g/mol. The SMILES string of the molecule is N#Cc1ccsc1NC(=O)c1ncccc1Br. The van der Waals surface area contributed by atoms with E-state index in [0.717, 1.165) is 0 Å². The van der Waals surface area contributed by atoms with Gasteiger partial charge in [0, 0.05) is 10.7 Å². The van der Waals surface area contributed by atoms with Crippen molar-refractivity contribution in [2.45, 2.75) is 0 Å². The summed E-state index contributed by atoms with van der Waals surface area (Å²) in [5.41, 5.74) is 0.750. The molecule has 4 nitrogen and oxygen atoms in total. The minimum absolute atomic E-state index is 0.296. The van der Waals surface area contributed by atoms with Gasteiger partial charge in [-0.15, -0.1) is 11.3 Å². The number of rotatable bonds is 2. The van der Waals surface area contributed by atoms with Gasteiger partial charge in [-0.1, -0.05) is 0 Å². The quantitative estimate of drug-likeness (QED) is 0.927. The predicted octanol–water partition coefficient (Wildman–Crippen LogP) is 3.03. The molecule has 2 aromatic heterocycles. The van der Waals surface area contributed by atoms with Gasteiger partial charge in [-0.3, -0.25) is 4.79 Å². The Morgan fingerprint density at radius 1 is 1.53 bits per heavy atom. The number of carbonyl (C=O) groups excluding carboxylic acids is 1. The van der Waals surface area contributed by atoms with Gasteiger partial charge in [0.15, 0.2) is 0 Å². The van der Waals surface area contributed by atoms with Crippen molar-refractivity contribution in [2.75, 3.05) is 5.32 Å². The molecule has 6 heteroatoms. The highest BCUT2D eigenvalue weighted by atomic mass is 79.9. The molecule has 0 aliphatic carbocycles. The Hall–Kier alpha value is -1.71. The van der Waals surface area contributed by atoms with Crippen LogP contribution in [0, 0.1) is 11.3 Å². The summed E-state index contributed by atoms with van der Waals surface area (Å²) < 4.78 is 0.618. The molecule has 2 rings (SSSR count). The van der Waals surface area contributed by atoms with Crippen LogP contribution >= 0.6 is 27.3 Å². The van der Waals surface area contributed by atoms with E-state index >= 15 is 0 Å². The van der Waals surface area contributed by atoms with Gasteiger partial charge < -0.3 is 5.32 Å². The standard InChI is InChI=1S/C11H6BrN3OS/c12-8-2-1-4-14-9(8)10(16)15-11-7(6-13)3-5-17-11/h1-5H,(H,15,16). The van der Waals surface area contributed by atoms with Crippen LogP contribution in [0.2, 0.25) is 0 Å². The lowest BCUT2D eigenvalue weighted by molar-refractivity contribution is 0.102. The van der Waals surface area contributed by atoms with E-state index in [2.05, 4.69) is 26.2 Å².